The standard InChI is InChI=1S/C17H17N5O3/c1-11-5-4-6-15(9-11)20-19-17(22(24)25)16(21(20)23)18-14-8-7-12(2)13(3)10-14/h4-10,23H,1-3H3. The molecule has 0 spiro atoms. The maximum absolute atomic E-state index is 11.3. The van der Waals surface area contributed by atoms with Gasteiger partial charge in [-0.25, -0.2) is 4.99 Å². The van der Waals surface area contributed by atoms with Gasteiger partial charge in [0.1, 0.15) is 5.69 Å². The summed E-state index contributed by atoms with van der Waals surface area (Å²) in [5.41, 5.74) is 3.77. The van der Waals surface area contributed by atoms with Gasteiger partial charge >= 0.3 is 5.82 Å². The van der Waals surface area contributed by atoms with Gasteiger partial charge in [0, 0.05) is 0 Å². The fourth-order valence-corrected chi connectivity index (χ4v) is 2.41. The molecule has 0 amide bonds. The molecule has 0 atom stereocenters. The molecule has 0 unspecified atom stereocenters. The highest BCUT2D eigenvalue weighted by molar-refractivity contribution is 5.44. The zero-order chi connectivity index (χ0) is 18.1. The first-order valence-corrected chi connectivity index (χ1v) is 7.62. The molecule has 0 aliphatic heterocycles. The van der Waals surface area contributed by atoms with Crippen LogP contribution < -0.4 is 5.49 Å². The number of nitrogens with zero attached hydrogens (tertiary/aromatic N) is 5. The van der Waals surface area contributed by atoms with Gasteiger partial charge in [-0.3, -0.25) is 0 Å². The predicted molar refractivity (Wildman–Crippen MR) is 91.3 cm³/mol. The van der Waals surface area contributed by atoms with Gasteiger partial charge in [0.25, 0.3) is 5.49 Å². The second-order valence-corrected chi connectivity index (χ2v) is 5.80. The van der Waals surface area contributed by atoms with Gasteiger partial charge in [-0.15, -0.1) is 0 Å². The van der Waals surface area contributed by atoms with E-state index in [4.69, 9.17) is 0 Å². The molecule has 2 aromatic carbocycles. The molecule has 0 bridgehead atoms. The number of nitro groups is 1. The molecule has 8 heteroatoms. The largest absolute Gasteiger partial charge is 0.438 e. The maximum Gasteiger partial charge on any atom is 0.438 e. The van der Waals surface area contributed by atoms with Gasteiger partial charge in [-0.1, -0.05) is 23.0 Å². The highest BCUT2D eigenvalue weighted by Crippen LogP contribution is 2.17. The van der Waals surface area contributed by atoms with Crippen LogP contribution in [0.2, 0.25) is 0 Å². The smallest absolute Gasteiger partial charge is 0.409 e. The molecule has 0 radical (unpaired) electrons. The van der Waals surface area contributed by atoms with Gasteiger partial charge in [0.15, 0.2) is 0 Å². The Balaban J connectivity index is 2.24. The Morgan fingerprint density at radius 3 is 2.52 bits per heavy atom. The highest BCUT2D eigenvalue weighted by Gasteiger charge is 2.24. The zero-order valence-corrected chi connectivity index (χ0v) is 14.0. The van der Waals surface area contributed by atoms with Crippen LogP contribution in [0.4, 0.5) is 11.5 Å². The minimum atomic E-state index is -0.668. The summed E-state index contributed by atoms with van der Waals surface area (Å²) in [5, 5.41) is 25.6. The Bertz CT molecular complexity index is 1030. The van der Waals surface area contributed by atoms with Crippen molar-refractivity contribution in [3.05, 3.63) is 74.8 Å². The Hall–Kier alpha value is -3.42. The van der Waals surface area contributed by atoms with Crippen molar-refractivity contribution in [3.63, 3.8) is 0 Å². The van der Waals surface area contributed by atoms with E-state index in [9.17, 15) is 15.3 Å². The van der Waals surface area contributed by atoms with E-state index < -0.39 is 10.7 Å². The molecule has 0 aliphatic rings. The highest BCUT2D eigenvalue weighted by atomic mass is 16.6. The van der Waals surface area contributed by atoms with Crippen molar-refractivity contribution in [3.8, 4) is 5.69 Å². The minimum Gasteiger partial charge on any atom is -0.409 e. The lowest BCUT2D eigenvalue weighted by Gasteiger charge is -2.01. The minimum absolute atomic E-state index is 0.241. The third kappa shape index (κ3) is 3.14. The molecule has 0 saturated heterocycles. The van der Waals surface area contributed by atoms with Crippen LogP contribution in [0.3, 0.4) is 0 Å². The van der Waals surface area contributed by atoms with Gasteiger partial charge in [-0.05, 0) is 71.4 Å². The maximum atomic E-state index is 11.3. The molecule has 3 rings (SSSR count). The monoisotopic (exact) mass is 339 g/mol. The number of aromatic nitrogens is 3. The average Bonchev–Trinajstić information content (AvgIpc) is 2.88. The summed E-state index contributed by atoms with van der Waals surface area (Å²) in [7, 11) is 0. The molecule has 0 fully saturated rings. The Morgan fingerprint density at radius 1 is 1.12 bits per heavy atom. The lowest BCUT2D eigenvalue weighted by Crippen LogP contribution is -2.22. The number of rotatable bonds is 3. The second-order valence-electron chi connectivity index (χ2n) is 5.80. The zero-order valence-electron chi connectivity index (χ0n) is 14.0. The normalized spacial score (nSPS) is 11.7. The number of aryl methyl sites for hydroxylation is 3. The van der Waals surface area contributed by atoms with E-state index in [1.807, 2.05) is 32.9 Å². The predicted octanol–water partition coefficient (Wildman–Crippen LogP) is 2.98. The Labute approximate surface area is 143 Å². The van der Waals surface area contributed by atoms with Crippen molar-refractivity contribution in [2.24, 2.45) is 4.99 Å². The summed E-state index contributed by atoms with van der Waals surface area (Å²) >= 11 is 0. The SMILES string of the molecule is Cc1cccc(-n2nc([N+](=O)[O-])c(=Nc3ccc(C)c(C)c3)n2O)c1. The van der Waals surface area contributed by atoms with Gasteiger partial charge < -0.3 is 15.3 Å². The van der Waals surface area contributed by atoms with Crippen molar-refractivity contribution < 1.29 is 10.1 Å². The summed E-state index contributed by atoms with van der Waals surface area (Å²) < 4.78 is 0. The van der Waals surface area contributed by atoms with Crippen molar-refractivity contribution >= 4 is 11.5 Å². The third-order valence-corrected chi connectivity index (χ3v) is 3.89. The van der Waals surface area contributed by atoms with Crippen LogP contribution in [-0.4, -0.2) is 24.9 Å². The molecular weight excluding hydrogens is 322 g/mol. The van der Waals surface area contributed by atoms with Crippen molar-refractivity contribution in [2.45, 2.75) is 20.8 Å². The number of hydrogen-bond donors (Lipinski definition) is 1. The summed E-state index contributed by atoms with van der Waals surface area (Å²) in [5.74, 6) is -0.526. The summed E-state index contributed by atoms with van der Waals surface area (Å²) in [6.07, 6.45) is 0. The van der Waals surface area contributed by atoms with E-state index in [-0.39, 0.29) is 5.49 Å². The van der Waals surface area contributed by atoms with Crippen LogP contribution in [0.1, 0.15) is 16.7 Å². The van der Waals surface area contributed by atoms with E-state index in [1.54, 1.807) is 30.3 Å². The van der Waals surface area contributed by atoms with Gasteiger partial charge in [0.2, 0.25) is 0 Å². The first-order chi connectivity index (χ1) is 11.9. The summed E-state index contributed by atoms with van der Waals surface area (Å²) in [4.78, 5) is 16.5. The molecular formula is C17H17N5O3. The molecule has 8 nitrogen and oxygen atoms in total. The Kier molecular flexibility index (Phi) is 4.10. The number of hydrogen-bond acceptors (Lipinski definition) is 5. The van der Waals surface area contributed by atoms with Crippen molar-refractivity contribution in [1.82, 2.24) is 14.7 Å². The van der Waals surface area contributed by atoms with Crippen LogP contribution in [0.15, 0.2) is 47.5 Å². The van der Waals surface area contributed by atoms with Crippen LogP contribution >= 0.6 is 0 Å². The molecule has 128 valence electrons. The van der Waals surface area contributed by atoms with Crippen LogP contribution in [0.5, 0.6) is 0 Å². The van der Waals surface area contributed by atoms with E-state index >= 15 is 0 Å². The molecule has 3 aromatic rings. The molecule has 0 aliphatic carbocycles. The molecule has 1 N–H and O–H groups in total. The fourth-order valence-electron chi connectivity index (χ4n) is 2.41. The van der Waals surface area contributed by atoms with E-state index in [2.05, 4.69) is 10.1 Å². The lowest BCUT2D eigenvalue weighted by molar-refractivity contribution is -0.391. The number of benzene rings is 2. The quantitative estimate of drug-likeness (QED) is 0.450. The van der Waals surface area contributed by atoms with Crippen LogP contribution in [0.25, 0.3) is 5.69 Å². The fraction of sp³-hybridized carbons (Fsp3) is 0.176. The topological polar surface area (TPSA) is 98.5 Å². The molecule has 0 saturated carbocycles. The third-order valence-electron chi connectivity index (χ3n) is 3.89. The van der Waals surface area contributed by atoms with Gasteiger partial charge in [-0.2, -0.15) is 0 Å². The lowest BCUT2D eigenvalue weighted by atomic mass is 10.1. The van der Waals surface area contributed by atoms with E-state index in [0.29, 0.717) is 16.2 Å². The first kappa shape index (κ1) is 16.4. The van der Waals surface area contributed by atoms with E-state index in [0.717, 1.165) is 21.5 Å². The Morgan fingerprint density at radius 2 is 1.88 bits per heavy atom. The van der Waals surface area contributed by atoms with E-state index in [1.165, 1.54) is 0 Å². The average molecular weight is 339 g/mol. The summed E-state index contributed by atoms with van der Waals surface area (Å²) in [6, 6.07) is 12.5. The molecule has 1 heterocycles. The van der Waals surface area contributed by atoms with Crippen LogP contribution in [-0.2, 0) is 0 Å². The second kappa shape index (κ2) is 6.23. The molecule has 25 heavy (non-hydrogen) atoms. The van der Waals surface area contributed by atoms with Crippen molar-refractivity contribution in [1.29, 1.82) is 0 Å². The van der Waals surface area contributed by atoms with Crippen LogP contribution in [0, 0.1) is 30.9 Å². The van der Waals surface area contributed by atoms with Crippen molar-refractivity contribution in [2.75, 3.05) is 0 Å². The summed E-state index contributed by atoms with van der Waals surface area (Å²) in [6.45, 7) is 5.76. The first-order valence-electron chi connectivity index (χ1n) is 7.62. The molecule has 1 aromatic heterocycles. The van der Waals surface area contributed by atoms with Gasteiger partial charge in [0.05, 0.1) is 10.8 Å².